The molecule has 1 saturated heterocycles. The van der Waals surface area contributed by atoms with Crippen molar-refractivity contribution in [2.24, 2.45) is 0 Å². The van der Waals surface area contributed by atoms with Gasteiger partial charge in [-0.2, -0.15) is 10.2 Å². The lowest BCUT2D eigenvalue weighted by molar-refractivity contribution is 0.0583. The number of carbonyl (C=O) groups is 1. The lowest BCUT2D eigenvalue weighted by Crippen LogP contribution is -2.42. The van der Waals surface area contributed by atoms with Crippen molar-refractivity contribution in [1.82, 2.24) is 25.3 Å². The van der Waals surface area contributed by atoms with E-state index in [0.717, 1.165) is 16.3 Å². The highest BCUT2D eigenvalue weighted by Crippen LogP contribution is 2.33. The maximum atomic E-state index is 13.1. The van der Waals surface area contributed by atoms with Gasteiger partial charge >= 0.3 is 0 Å². The van der Waals surface area contributed by atoms with Gasteiger partial charge in [-0.05, 0) is 30.3 Å². The molecule has 0 bridgehead atoms. The van der Waals surface area contributed by atoms with E-state index in [4.69, 9.17) is 14.2 Å². The van der Waals surface area contributed by atoms with E-state index in [9.17, 15) is 4.79 Å². The number of methoxy groups -OCH3 is 2. The van der Waals surface area contributed by atoms with Crippen LogP contribution >= 0.6 is 0 Å². The Kier molecular flexibility index (Phi) is 5.99. The number of hydrogen-bond donors (Lipinski definition) is 1. The smallest absolute Gasteiger partial charge is 0.271 e. The molecule has 0 unspecified atom stereocenters. The number of aromatic amines is 1. The van der Waals surface area contributed by atoms with Crippen LogP contribution < -0.4 is 14.2 Å². The Hall–Kier alpha value is -4.14. The van der Waals surface area contributed by atoms with Crippen molar-refractivity contribution >= 4 is 16.7 Å². The molecule has 1 aliphatic heterocycles. The number of rotatable bonds is 6. The first-order chi connectivity index (χ1) is 16.7. The van der Waals surface area contributed by atoms with Gasteiger partial charge in [0.15, 0.2) is 0 Å². The van der Waals surface area contributed by atoms with Crippen LogP contribution in [-0.4, -0.2) is 64.6 Å². The molecule has 2 aromatic heterocycles. The van der Waals surface area contributed by atoms with Crippen molar-refractivity contribution in [2.45, 2.75) is 18.9 Å². The third-order valence-electron chi connectivity index (χ3n) is 6.03. The molecule has 0 spiro atoms. The molecular formula is C25H25N5O4. The number of fused-ring (bicyclic) bond motifs is 1. The van der Waals surface area contributed by atoms with E-state index in [1.54, 1.807) is 26.5 Å². The van der Waals surface area contributed by atoms with E-state index >= 15 is 0 Å². The van der Waals surface area contributed by atoms with Crippen molar-refractivity contribution in [3.8, 4) is 28.6 Å². The zero-order chi connectivity index (χ0) is 23.5. The van der Waals surface area contributed by atoms with Gasteiger partial charge in [0.1, 0.15) is 23.3 Å². The number of likely N-dealkylation sites (tertiary alicyclic amines) is 1. The van der Waals surface area contributed by atoms with Gasteiger partial charge in [-0.3, -0.25) is 9.89 Å². The first-order valence-corrected chi connectivity index (χ1v) is 11.1. The molecule has 1 N–H and O–H groups in total. The molecule has 3 heterocycles. The third-order valence-corrected chi connectivity index (χ3v) is 6.03. The molecule has 9 heteroatoms. The lowest BCUT2D eigenvalue weighted by Gasteiger charge is -2.31. The fourth-order valence-electron chi connectivity index (χ4n) is 4.18. The first-order valence-electron chi connectivity index (χ1n) is 11.1. The van der Waals surface area contributed by atoms with Gasteiger partial charge in [-0.25, -0.2) is 0 Å². The minimum Gasteiger partial charge on any atom is -0.497 e. The Morgan fingerprint density at radius 2 is 1.88 bits per heavy atom. The molecule has 0 aliphatic carbocycles. The molecule has 2 aromatic carbocycles. The van der Waals surface area contributed by atoms with E-state index in [1.807, 2.05) is 47.4 Å². The summed E-state index contributed by atoms with van der Waals surface area (Å²) in [5, 5.41) is 17.4. The minimum atomic E-state index is -0.0935. The zero-order valence-corrected chi connectivity index (χ0v) is 19.0. The second-order valence-corrected chi connectivity index (χ2v) is 8.08. The second kappa shape index (κ2) is 9.38. The quantitative estimate of drug-likeness (QED) is 0.469. The number of amides is 1. The van der Waals surface area contributed by atoms with Gasteiger partial charge in [0.05, 0.1) is 26.1 Å². The van der Waals surface area contributed by atoms with Crippen molar-refractivity contribution in [3.05, 3.63) is 60.4 Å². The molecule has 1 fully saturated rings. The molecule has 5 rings (SSSR count). The van der Waals surface area contributed by atoms with Crippen LogP contribution in [0.4, 0.5) is 0 Å². The van der Waals surface area contributed by atoms with E-state index < -0.39 is 0 Å². The Balaban J connectivity index is 1.25. The zero-order valence-electron chi connectivity index (χ0n) is 19.0. The summed E-state index contributed by atoms with van der Waals surface area (Å²) < 4.78 is 16.9. The summed E-state index contributed by atoms with van der Waals surface area (Å²) in [5.74, 6) is 1.78. The van der Waals surface area contributed by atoms with Crippen LogP contribution in [0.5, 0.6) is 17.4 Å². The normalized spacial score (nSPS) is 14.2. The summed E-state index contributed by atoms with van der Waals surface area (Å²) in [4.78, 5) is 14.9. The molecule has 0 radical (unpaired) electrons. The molecule has 174 valence electrons. The SMILES string of the molecule is COc1ccc(OC)c(-c2cc(C(=O)N3CCC(Oc4nncc5ccccc45)CC3)[nH]n2)c1. The second-order valence-electron chi connectivity index (χ2n) is 8.08. The average molecular weight is 460 g/mol. The third kappa shape index (κ3) is 4.24. The topological polar surface area (TPSA) is 102 Å². The fourth-order valence-corrected chi connectivity index (χ4v) is 4.18. The summed E-state index contributed by atoms with van der Waals surface area (Å²) >= 11 is 0. The number of hydrogen-bond acceptors (Lipinski definition) is 7. The largest absolute Gasteiger partial charge is 0.497 e. The number of nitrogens with one attached hydrogen (secondary N) is 1. The lowest BCUT2D eigenvalue weighted by atomic mass is 10.1. The van der Waals surface area contributed by atoms with Crippen LogP contribution in [0.2, 0.25) is 0 Å². The first kappa shape index (κ1) is 21.7. The predicted octanol–water partition coefficient (Wildman–Crippen LogP) is 3.72. The van der Waals surface area contributed by atoms with Gasteiger partial charge in [-0.1, -0.05) is 18.2 Å². The van der Waals surface area contributed by atoms with Gasteiger partial charge in [0.2, 0.25) is 5.88 Å². The Labute approximate surface area is 196 Å². The molecule has 1 aliphatic rings. The summed E-state index contributed by atoms with van der Waals surface area (Å²) in [5.41, 5.74) is 1.80. The number of nitrogens with zero attached hydrogens (tertiary/aromatic N) is 4. The number of piperidine rings is 1. The molecule has 34 heavy (non-hydrogen) atoms. The summed E-state index contributed by atoms with van der Waals surface area (Å²) in [7, 11) is 3.20. The molecule has 4 aromatic rings. The highest BCUT2D eigenvalue weighted by molar-refractivity contribution is 5.93. The highest BCUT2D eigenvalue weighted by atomic mass is 16.5. The average Bonchev–Trinajstić information content (AvgIpc) is 3.39. The van der Waals surface area contributed by atoms with Crippen LogP contribution in [0.15, 0.2) is 54.7 Å². The van der Waals surface area contributed by atoms with Crippen molar-refractivity contribution in [2.75, 3.05) is 27.3 Å². The van der Waals surface area contributed by atoms with Gasteiger partial charge in [0.25, 0.3) is 5.91 Å². The predicted molar refractivity (Wildman–Crippen MR) is 126 cm³/mol. The number of aromatic nitrogens is 4. The van der Waals surface area contributed by atoms with Crippen LogP contribution in [0.25, 0.3) is 22.0 Å². The van der Waals surface area contributed by atoms with Crippen molar-refractivity contribution < 1.29 is 19.0 Å². The molecule has 0 atom stereocenters. The van der Waals surface area contributed by atoms with Gasteiger partial charge in [0, 0.05) is 42.3 Å². The number of H-pyrrole nitrogens is 1. The molecule has 1 amide bonds. The van der Waals surface area contributed by atoms with Crippen LogP contribution in [0.1, 0.15) is 23.3 Å². The summed E-state index contributed by atoms with van der Waals surface area (Å²) in [6.07, 6.45) is 3.12. The van der Waals surface area contributed by atoms with Crippen LogP contribution in [0.3, 0.4) is 0 Å². The van der Waals surface area contributed by atoms with E-state index in [1.165, 1.54) is 0 Å². The van der Waals surface area contributed by atoms with Gasteiger partial charge < -0.3 is 19.1 Å². The maximum Gasteiger partial charge on any atom is 0.271 e. The summed E-state index contributed by atoms with van der Waals surface area (Å²) in [6, 6.07) is 15.1. The Bertz CT molecular complexity index is 1310. The number of ether oxygens (including phenoxy) is 3. The van der Waals surface area contributed by atoms with E-state index in [0.29, 0.717) is 54.7 Å². The standard InChI is InChI=1S/C25H25N5O4/c1-32-18-7-8-23(33-2)20(13-18)21-14-22(28-27-21)25(31)30-11-9-17(10-12-30)34-24-19-6-4-3-5-16(19)15-26-29-24/h3-8,13-15,17H,9-12H2,1-2H3,(H,27,28). The monoisotopic (exact) mass is 459 g/mol. The van der Waals surface area contributed by atoms with E-state index in [-0.39, 0.29) is 12.0 Å². The van der Waals surface area contributed by atoms with Crippen LogP contribution in [0, 0.1) is 0 Å². The highest BCUT2D eigenvalue weighted by Gasteiger charge is 2.27. The number of benzene rings is 2. The van der Waals surface area contributed by atoms with Crippen molar-refractivity contribution in [3.63, 3.8) is 0 Å². The van der Waals surface area contributed by atoms with Crippen molar-refractivity contribution in [1.29, 1.82) is 0 Å². The fraction of sp³-hybridized carbons (Fsp3) is 0.280. The van der Waals surface area contributed by atoms with E-state index in [2.05, 4.69) is 20.4 Å². The maximum absolute atomic E-state index is 13.1. The Morgan fingerprint density at radius 1 is 1.06 bits per heavy atom. The molecule has 0 saturated carbocycles. The number of carbonyl (C=O) groups excluding carboxylic acids is 1. The Morgan fingerprint density at radius 3 is 2.68 bits per heavy atom. The van der Waals surface area contributed by atoms with Crippen LogP contribution in [-0.2, 0) is 0 Å². The summed E-state index contributed by atoms with van der Waals surface area (Å²) in [6.45, 7) is 1.16. The van der Waals surface area contributed by atoms with Gasteiger partial charge in [-0.15, -0.1) is 5.10 Å². The molecule has 9 nitrogen and oxygen atoms in total. The minimum absolute atomic E-state index is 0.0254. The molecular weight excluding hydrogens is 434 g/mol.